The molecule has 0 saturated carbocycles. The smallest absolute Gasteiger partial charge is 0.159 e. The van der Waals surface area contributed by atoms with Gasteiger partial charge in [-0.25, -0.2) is 8.78 Å². The van der Waals surface area contributed by atoms with Crippen molar-refractivity contribution < 1.29 is 8.78 Å². The van der Waals surface area contributed by atoms with Gasteiger partial charge in [0, 0.05) is 4.47 Å². The highest BCUT2D eigenvalue weighted by atomic mass is 79.9. The van der Waals surface area contributed by atoms with Crippen LogP contribution < -0.4 is 5.32 Å². The fraction of sp³-hybridized carbons (Fsp3) is 0.200. The summed E-state index contributed by atoms with van der Waals surface area (Å²) in [6, 6.07) is 9.79. The van der Waals surface area contributed by atoms with E-state index in [2.05, 4.69) is 21.2 Å². The van der Waals surface area contributed by atoms with Crippen molar-refractivity contribution in [3.63, 3.8) is 0 Å². The first kappa shape index (κ1) is 14.2. The fourth-order valence-corrected chi connectivity index (χ4v) is 2.77. The highest BCUT2D eigenvalue weighted by Gasteiger charge is 2.15. The van der Waals surface area contributed by atoms with Gasteiger partial charge in [-0.15, -0.1) is 0 Å². The first-order chi connectivity index (χ1) is 9.01. The quantitative estimate of drug-likeness (QED) is 0.884. The molecule has 0 aromatic heterocycles. The Morgan fingerprint density at radius 1 is 1.00 bits per heavy atom. The van der Waals surface area contributed by atoms with Gasteiger partial charge < -0.3 is 5.32 Å². The second kappa shape index (κ2) is 5.80. The molecule has 19 heavy (non-hydrogen) atoms. The monoisotopic (exact) mass is 325 g/mol. The second-order valence-electron chi connectivity index (χ2n) is 4.46. The van der Waals surface area contributed by atoms with Crippen molar-refractivity contribution in [1.29, 1.82) is 0 Å². The summed E-state index contributed by atoms with van der Waals surface area (Å²) in [4.78, 5) is 0. The molecule has 1 unspecified atom stereocenters. The molecule has 1 N–H and O–H groups in total. The summed E-state index contributed by atoms with van der Waals surface area (Å²) in [6.45, 7) is 1.99. The van der Waals surface area contributed by atoms with Crippen molar-refractivity contribution in [2.45, 2.75) is 13.0 Å². The summed E-state index contributed by atoms with van der Waals surface area (Å²) in [7, 11) is 1.79. The molecule has 4 heteroatoms. The van der Waals surface area contributed by atoms with Gasteiger partial charge in [0.1, 0.15) is 0 Å². The molecule has 0 heterocycles. The number of hydrogen-bond donors (Lipinski definition) is 1. The third-order valence-corrected chi connectivity index (χ3v) is 3.42. The van der Waals surface area contributed by atoms with Crippen molar-refractivity contribution in [3.8, 4) is 0 Å². The molecule has 1 atom stereocenters. The molecule has 0 aliphatic heterocycles. The number of nitrogens with one attached hydrogen (secondary N) is 1. The number of halogens is 3. The molecule has 0 aliphatic carbocycles. The lowest BCUT2D eigenvalue weighted by Crippen LogP contribution is -2.18. The molecule has 2 aromatic rings. The molecule has 0 fully saturated rings. The minimum atomic E-state index is -0.830. The molecule has 0 aliphatic rings. The topological polar surface area (TPSA) is 12.0 Å². The van der Waals surface area contributed by atoms with E-state index in [1.807, 2.05) is 25.1 Å². The van der Waals surface area contributed by atoms with Gasteiger partial charge in [-0.1, -0.05) is 28.1 Å². The van der Waals surface area contributed by atoms with Crippen LogP contribution in [0.2, 0.25) is 0 Å². The van der Waals surface area contributed by atoms with Gasteiger partial charge in [0.25, 0.3) is 0 Å². The summed E-state index contributed by atoms with van der Waals surface area (Å²) < 4.78 is 27.3. The maximum absolute atomic E-state index is 13.3. The van der Waals surface area contributed by atoms with Crippen molar-refractivity contribution >= 4 is 15.9 Å². The van der Waals surface area contributed by atoms with Crippen LogP contribution in [0.4, 0.5) is 8.78 Å². The van der Waals surface area contributed by atoms with Gasteiger partial charge >= 0.3 is 0 Å². The van der Waals surface area contributed by atoms with E-state index < -0.39 is 11.6 Å². The molecule has 1 nitrogen and oxygen atoms in total. The van der Waals surface area contributed by atoms with E-state index in [9.17, 15) is 8.78 Å². The largest absolute Gasteiger partial charge is 0.309 e. The number of hydrogen-bond acceptors (Lipinski definition) is 1. The van der Waals surface area contributed by atoms with Crippen molar-refractivity contribution in [2.24, 2.45) is 0 Å². The summed E-state index contributed by atoms with van der Waals surface area (Å²) in [5, 5.41) is 3.13. The lowest BCUT2D eigenvalue weighted by molar-refractivity contribution is 0.505. The lowest BCUT2D eigenvalue weighted by atomic mass is 9.97. The van der Waals surface area contributed by atoms with Crippen LogP contribution >= 0.6 is 15.9 Å². The predicted octanol–water partition coefficient (Wildman–Crippen LogP) is 4.34. The summed E-state index contributed by atoms with van der Waals surface area (Å²) in [5.74, 6) is -1.66. The van der Waals surface area contributed by atoms with Crippen LogP contribution in [0.25, 0.3) is 0 Å². The molecule has 2 aromatic carbocycles. The molecular weight excluding hydrogens is 312 g/mol. The SMILES string of the molecule is CNC(c1cc(C)cc(Br)c1)c1ccc(F)c(F)c1. The summed E-state index contributed by atoms with van der Waals surface area (Å²) >= 11 is 3.45. The van der Waals surface area contributed by atoms with Crippen molar-refractivity contribution in [2.75, 3.05) is 7.05 Å². The van der Waals surface area contributed by atoms with Crippen LogP contribution in [-0.4, -0.2) is 7.05 Å². The molecule has 0 radical (unpaired) electrons. The number of benzene rings is 2. The van der Waals surface area contributed by atoms with E-state index in [0.717, 1.165) is 21.7 Å². The van der Waals surface area contributed by atoms with E-state index in [-0.39, 0.29) is 6.04 Å². The Bertz CT molecular complexity index is 578. The molecule has 0 amide bonds. The van der Waals surface area contributed by atoms with Gasteiger partial charge in [0.05, 0.1) is 6.04 Å². The summed E-state index contributed by atoms with van der Waals surface area (Å²) in [6.07, 6.45) is 0. The zero-order chi connectivity index (χ0) is 14.0. The maximum atomic E-state index is 13.3. The molecule has 0 bridgehead atoms. The average molecular weight is 326 g/mol. The molecule has 2 rings (SSSR count). The molecule has 100 valence electrons. The minimum Gasteiger partial charge on any atom is -0.309 e. The second-order valence-corrected chi connectivity index (χ2v) is 5.37. The zero-order valence-corrected chi connectivity index (χ0v) is 12.3. The van der Waals surface area contributed by atoms with E-state index in [1.54, 1.807) is 13.1 Å². The van der Waals surface area contributed by atoms with Crippen LogP contribution in [0.5, 0.6) is 0 Å². The normalized spacial score (nSPS) is 12.5. The third kappa shape index (κ3) is 3.19. The van der Waals surface area contributed by atoms with E-state index >= 15 is 0 Å². The Hall–Kier alpha value is -1.26. The number of aryl methyl sites for hydroxylation is 1. The maximum Gasteiger partial charge on any atom is 0.159 e. The van der Waals surface area contributed by atoms with Crippen LogP contribution in [-0.2, 0) is 0 Å². The van der Waals surface area contributed by atoms with E-state index in [1.165, 1.54) is 6.07 Å². The van der Waals surface area contributed by atoms with Gasteiger partial charge in [-0.2, -0.15) is 0 Å². The van der Waals surface area contributed by atoms with Crippen molar-refractivity contribution in [3.05, 3.63) is 69.2 Å². The van der Waals surface area contributed by atoms with Crippen LogP contribution in [0.1, 0.15) is 22.7 Å². The van der Waals surface area contributed by atoms with E-state index in [0.29, 0.717) is 5.56 Å². The van der Waals surface area contributed by atoms with Crippen LogP contribution in [0.3, 0.4) is 0 Å². The third-order valence-electron chi connectivity index (χ3n) is 2.96. The lowest BCUT2D eigenvalue weighted by Gasteiger charge is -2.18. The molecular formula is C15H14BrF2N. The Balaban J connectivity index is 2.46. The first-order valence-corrected chi connectivity index (χ1v) is 6.70. The molecule has 0 saturated heterocycles. The highest BCUT2D eigenvalue weighted by Crippen LogP contribution is 2.26. The average Bonchev–Trinajstić information content (AvgIpc) is 2.33. The standard InChI is InChI=1S/C15H14BrF2N/c1-9-5-11(7-12(16)6-9)15(19-2)10-3-4-13(17)14(18)8-10/h3-8,15,19H,1-2H3. The van der Waals surface area contributed by atoms with Gasteiger partial charge in [-0.05, 0) is 54.9 Å². The Morgan fingerprint density at radius 3 is 2.32 bits per heavy atom. The van der Waals surface area contributed by atoms with Gasteiger partial charge in [0.2, 0.25) is 0 Å². The summed E-state index contributed by atoms with van der Waals surface area (Å²) in [5.41, 5.74) is 2.80. The number of rotatable bonds is 3. The van der Waals surface area contributed by atoms with Crippen molar-refractivity contribution in [1.82, 2.24) is 5.32 Å². The Morgan fingerprint density at radius 2 is 1.74 bits per heavy atom. The first-order valence-electron chi connectivity index (χ1n) is 5.90. The van der Waals surface area contributed by atoms with E-state index in [4.69, 9.17) is 0 Å². The molecule has 0 spiro atoms. The van der Waals surface area contributed by atoms with Crippen LogP contribution in [0.15, 0.2) is 40.9 Å². The van der Waals surface area contributed by atoms with Gasteiger partial charge in [-0.3, -0.25) is 0 Å². The van der Waals surface area contributed by atoms with Crippen LogP contribution in [0, 0.1) is 18.6 Å². The minimum absolute atomic E-state index is 0.175. The fourth-order valence-electron chi connectivity index (χ4n) is 2.15. The Kier molecular flexibility index (Phi) is 4.32. The van der Waals surface area contributed by atoms with Gasteiger partial charge in [0.15, 0.2) is 11.6 Å². The zero-order valence-electron chi connectivity index (χ0n) is 10.7. The predicted molar refractivity (Wildman–Crippen MR) is 76.1 cm³/mol. The highest BCUT2D eigenvalue weighted by molar-refractivity contribution is 9.10. The Labute approximate surface area is 119 Å².